The molecule has 0 amide bonds. The van der Waals surface area contributed by atoms with E-state index in [0.29, 0.717) is 12.1 Å². The number of hydrogen-bond donors (Lipinski definition) is 2. The summed E-state index contributed by atoms with van der Waals surface area (Å²) in [6.07, 6.45) is 0. The van der Waals surface area contributed by atoms with Crippen LogP contribution in [0.1, 0.15) is 16.7 Å². The standard InChI is InChI=1S/C15H14N2O/c1-11-8-14(7-6-12(11)9-16)17-10-13-4-2-3-5-15(13)18/h2-8,17-18H,10H2,1H3. The highest BCUT2D eigenvalue weighted by Gasteiger charge is 2.01. The Bertz CT molecular complexity index is 600. The van der Waals surface area contributed by atoms with E-state index >= 15 is 0 Å². The van der Waals surface area contributed by atoms with Crippen molar-refractivity contribution in [3.05, 3.63) is 59.2 Å². The van der Waals surface area contributed by atoms with Crippen LogP contribution < -0.4 is 5.32 Å². The molecule has 0 aromatic heterocycles. The minimum absolute atomic E-state index is 0.287. The molecule has 0 aliphatic carbocycles. The van der Waals surface area contributed by atoms with Crippen LogP contribution in [0.15, 0.2) is 42.5 Å². The molecule has 0 aliphatic heterocycles. The highest BCUT2D eigenvalue weighted by atomic mass is 16.3. The summed E-state index contributed by atoms with van der Waals surface area (Å²) in [4.78, 5) is 0. The number of nitrogens with one attached hydrogen (secondary N) is 1. The van der Waals surface area contributed by atoms with Crippen molar-refractivity contribution in [2.45, 2.75) is 13.5 Å². The second-order valence-corrected chi connectivity index (χ2v) is 4.12. The van der Waals surface area contributed by atoms with Crippen LogP contribution in [0.3, 0.4) is 0 Å². The Hall–Kier alpha value is -2.47. The van der Waals surface area contributed by atoms with E-state index in [2.05, 4.69) is 11.4 Å². The Morgan fingerprint density at radius 1 is 1.22 bits per heavy atom. The van der Waals surface area contributed by atoms with Crippen LogP contribution in [0, 0.1) is 18.3 Å². The molecule has 90 valence electrons. The van der Waals surface area contributed by atoms with Gasteiger partial charge < -0.3 is 10.4 Å². The summed E-state index contributed by atoms with van der Waals surface area (Å²) in [6, 6.07) is 15.0. The van der Waals surface area contributed by atoms with Crippen LogP contribution in [0.2, 0.25) is 0 Å². The molecule has 2 N–H and O–H groups in total. The maximum atomic E-state index is 9.64. The SMILES string of the molecule is Cc1cc(NCc2ccccc2O)ccc1C#N. The van der Waals surface area contributed by atoms with Crippen molar-refractivity contribution < 1.29 is 5.11 Å². The zero-order valence-electron chi connectivity index (χ0n) is 10.1. The van der Waals surface area contributed by atoms with Gasteiger partial charge in [-0.3, -0.25) is 0 Å². The molecule has 3 heteroatoms. The Balaban J connectivity index is 2.10. The molecule has 0 radical (unpaired) electrons. The number of anilines is 1. The van der Waals surface area contributed by atoms with Gasteiger partial charge in [-0.05, 0) is 36.8 Å². The first-order valence-corrected chi connectivity index (χ1v) is 5.72. The number of aryl methyl sites for hydroxylation is 1. The Kier molecular flexibility index (Phi) is 3.49. The van der Waals surface area contributed by atoms with Gasteiger partial charge in [-0.1, -0.05) is 18.2 Å². The highest BCUT2D eigenvalue weighted by molar-refractivity contribution is 5.52. The van der Waals surface area contributed by atoms with E-state index in [-0.39, 0.29) is 5.75 Å². The summed E-state index contributed by atoms with van der Waals surface area (Å²) < 4.78 is 0. The first-order chi connectivity index (χ1) is 8.70. The lowest BCUT2D eigenvalue weighted by Gasteiger charge is -2.09. The number of benzene rings is 2. The predicted molar refractivity (Wildman–Crippen MR) is 71.3 cm³/mol. The number of hydrogen-bond acceptors (Lipinski definition) is 3. The van der Waals surface area contributed by atoms with Crippen molar-refractivity contribution in [3.8, 4) is 11.8 Å². The monoisotopic (exact) mass is 238 g/mol. The molecule has 0 unspecified atom stereocenters. The van der Waals surface area contributed by atoms with E-state index in [1.54, 1.807) is 18.2 Å². The van der Waals surface area contributed by atoms with Gasteiger partial charge in [0.1, 0.15) is 5.75 Å². The fourth-order valence-corrected chi connectivity index (χ4v) is 1.76. The van der Waals surface area contributed by atoms with Gasteiger partial charge in [0.2, 0.25) is 0 Å². The van der Waals surface area contributed by atoms with Gasteiger partial charge in [-0.25, -0.2) is 0 Å². The van der Waals surface area contributed by atoms with Crippen LogP contribution in [0.25, 0.3) is 0 Å². The van der Waals surface area contributed by atoms with Crippen LogP contribution in [0.4, 0.5) is 5.69 Å². The van der Waals surface area contributed by atoms with Crippen molar-refractivity contribution in [1.82, 2.24) is 0 Å². The molecular weight excluding hydrogens is 224 g/mol. The van der Waals surface area contributed by atoms with Crippen molar-refractivity contribution in [2.75, 3.05) is 5.32 Å². The molecule has 2 rings (SSSR count). The molecule has 0 atom stereocenters. The molecule has 0 spiro atoms. The maximum Gasteiger partial charge on any atom is 0.120 e. The van der Waals surface area contributed by atoms with Gasteiger partial charge in [0.15, 0.2) is 0 Å². The van der Waals surface area contributed by atoms with Crippen LogP contribution in [-0.4, -0.2) is 5.11 Å². The lowest BCUT2D eigenvalue weighted by molar-refractivity contribution is 0.469. The lowest BCUT2D eigenvalue weighted by Crippen LogP contribution is -2.00. The lowest BCUT2D eigenvalue weighted by atomic mass is 10.1. The summed E-state index contributed by atoms with van der Waals surface area (Å²) in [5.41, 5.74) is 3.41. The molecule has 0 saturated heterocycles. The van der Waals surface area contributed by atoms with Crippen molar-refractivity contribution in [1.29, 1.82) is 5.26 Å². The van der Waals surface area contributed by atoms with E-state index in [9.17, 15) is 5.11 Å². The highest BCUT2D eigenvalue weighted by Crippen LogP contribution is 2.19. The number of phenolic OH excluding ortho intramolecular Hbond substituents is 1. The zero-order chi connectivity index (χ0) is 13.0. The molecule has 2 aromatic carbocycles. The fourth-order valence-electron chi connectivity index (χ4n) is 1.76. The van der Waals surface area contributed by atoms with Gasteiger partial charge in [-0.2, -0.15) is 5.26 Å². The Morgan fingerprint density at radius 3 is 2.67 bits per heavy atom. The predicted octanol–water partition coefficient (Wildman–Crippen LogP) is 3.18. The second-order valence-electron chi connectivity index (χ2n) is 4.12. The third-order valence-electron chi connectivity index (χ3n) is 2.82. The van der Waals surface area contributed by atoms with Crippen LogP contribution in [-0.2, 0) is 6.54 Å². The van der Waals surface area contributed by atoms with Gasteiger partial charge in [0.25, 0.3) is 0 Å². The molecule has 0 fully saturated rings. The summed E-state index contributed by atoms with van der Waals surface area (Å²) >= 11 is 0. The molecule has 0 bridgehead atoms. The first kappa shape index (κ1) is 12.0. The van der Waals surface area contributed by atoms with Gasteiger partial charge in [-0.15, -0.1) is 0 Å². The number of rotatable bonds is 3. The van der Waals surface area contributed by atoms with Crippen molar-refractivity contribution in [3.63, 3.8) is 0 Å². The molecule has 0 aliphatic rings. The zero-order valence-corrected chi connectivity index (χ0v) is 10.1. The third-order valence-corrected chi connectivity index (χ3v) is 2.82. The topological polar surface area (TPSA) is 56.0 Å². The molecule has 0 heterocycles. The number of nitrogens with zero attached hydrogens (tertiary/aromatic N) is 1. The average Bonchev–Trinajstić information content (AvgIpc) is 2.38. The average molecular weight is 238 g/mol. The minimum Gasteiger partial charge on any atom is -0.508 e. The summed E-state index contributed by atoms with van der Waals surface area (Å²) in [5, 5.41) is 21.7. The van der Waals surface area contributed by atoms with Gasteiger partial charge in [0, 0.05) is 17.8 Å². The van der Waals surface area contributed by atoms with Crippen LogP contribution in [0.5, 0.6) is 5.75 Å². The van der Waals surface area contributed by atoms with Gasteiger partial charge >= 0.3 is 0 Å². The Labute approximate surface area is 106 Å². The quantitative estimate of drug-likeness (QED) is 0.863. The van der Waals surface area contributed by atoms with E-state index in [1.165, 1.54) is 0 Å². The largest absolute Gasteiger partial charge is 0.508 e. The molecular formula is C15H14N2O. The van der Waals surface area contributed by atoms with Crippen LogP contribution >= 0.6 is 0 Å². The number of nitriles is 1. The van der Waals surface area contributed by atoms with E-state index in [0.717, 1.165) is 16.8 Å². The molecule has 3 nitrogen and oxygen atoms in total. The third kappa shape index (κ3) is 2.61. The van der Waals surface area contributed by atoms with Crippen molar-refractivity contribution >= 4 is 5.69 Å². The molecule has 0 saturated carbocycles. The Morgan fingerprint density at radius 2 is 2.00 bits per heavy atom. The summed E-state index contributed by atoms with van der Waals surface area (Å²) in [7, 11) is 0. The summed E-state index contributed by atoms with van der Waals surface area (Å²) in [5.74, 6) is 0.287. The van der Waals surface area contributed by atoms with Gasteiger partial charge in [0.05, 0.1) is 11.6 Å². The molecule has 2 aromatic rings. The number of para-hydroxylation sites is 1. The van der Waals surface area contributed by atoms with E-state index in [4.69, 9.17) is 5.26 Å². The van der Waals surface area contributed by atoms with Crippen molar-refractivity contribution in [2.24, 2.45) is 0 Å². The maximum absolute atomic E-state index is 9.64. The van der Waals surface area contributed by atoms with E-state index < -0.39 is 0 Å². The first-order valence-electron chi connectivity index (χ1n) is 5.72. The smallest absolute Gasteiger partial charge is 0.120 e. The second kappa shape index (κ2) is 5.24. The molecule has 18 heavy (non-hydrogen) atoms. The number of phenols is 1. The normalized spacial score (nSPS) is 9.78. The number of aromatic hydroxyl groups is 1. The minimum atomic E-state index is 0.287. The fraction of sp³-hybridized carbons (Fsp3) is 0.133. The summed E-state index contributed by atoms with van der Waals surface area (Å²) in [6.45, 7) is 2.46. The van der Waals surface area contributed by atoms with E-state index in [1.807, 2.05) is 31.2 Å².